The molecule has 1 aromatic heterocycles. The molecule has 1 aromatic rings. The van der Waals surface area contributed by atoms with E-state index in [9.17, 15) is 0 Å². The van der Waals surface area contributed by atoms with Crippen LogP contribution < -0.4 is 5.36 Å². The summed E-state index contributed by atoms with van der Waals surface area (Å²) in [5, 5.41) is 15.6. The fourth-order valence-electron chi connectivity index (χ4n) is 0.360. The summed E-state index contributed by atoms with van der Waals surface area (Å²) in [7, 11) is 0. The molecule has 0 radical (unpaired) electrons. The molecule has 0 atom stereocenters. The lowest BCUT2D eigenvalue weighted by molar-refractivity contribution is 0.426. The first kappa shape index (κ1) is 4.90. The predicted octanol–water partition coefficient (Wildman–Crippen LogP) is 0.465. The summed E-state index contributed by atoms with van der Waals surface area (Å²) in [5.74, 6) is -0.132. The summed E-state index contributed by atoms with van der Waals surface area (Å²) in [4.78, 5) is 0. The van der Waals surface area contributed by atoms with Crippen LogP contribution in [0, 0.1) is 5.41 Å². The van der Waals surface area contributed by atoms with Crippen molar-refractivity contribution in [3.63, 3.8) is 0 Å². The SMILES string of the molecule is N=c1ccocc1O. The van der Waals surface area contributed by atoms with E-state index in [1.54, 1.807) is 0 Å². The van der Waals surface area contributed by atoms with Crippen LogP contribution in [0.2, 0.25) is 0 Å². The van der Waals surface area contributed by atoms with Gasteiger partial charge in [-0.15, -0.1) is 0 Å². The van der Waals surface area contributed by atoms with E-state index >= 15 is 0 Å². The summed E-state index contributed by atoms with van der Waals surface area (Å²) in [6, 6.07) is 1.37. The predicted molar refractivity (Wildman–Crippen MR) is 26.2 cm³/mol. The fourth-order valence-corrected chi connectivity index (χ4v) is 0.360. The van der Waals surface area contributed by atoms with Gasteiger partial charge in [0.05, 0.1) is 6.26 Å². The van der Waals surface area contributed by atoms with Gasteiger partial charge < -0.3 is 9.52 Å². The highest BCUT2D eigenvalue weighted by Gasteiger charge is 1.85. The zero-order chi connectivity index (χ0) is 5.98. The first-order chi connectivity index (χ1) is 3.80. The Morgan fingerprint density at radius 1 is 1.62 bits per heavy atom. The monoisotopic (exact) mass is 111 g/mol. The van der Waals surface area contributed by atoms with E-state index in [1.165, 1.54) is 12.3 Å². The maximum absolute atomic E-state index is 8.64. The van der Waals surface area contributed by atoms with Gasteiger partial charge in [0, 0.05) is 6.07 Å². The smallest absolute Gasteiger partial charge is 0.176 e. The van der Waals surface area contributed by atoms with Gasteiger partial charge in [-0.1, -0.05) is 0 Å². The van der Waals surface area contributed by atoms with Gasteiger partial charge in [-0.3, -0.25) is 5.41 Å². The fraction of sp³-hybridized carbons (Fsp3) is 0. The Kier molecular flexibility index (Phi) is 1.04. The third-order valence-corrected chi connectivity index (χ3v) is 0.769. The minimum absolute atomic E-state index is 0.0799. The van der Waals surface area contributed by atoms with E-state index in [2.05, 4.69) is 4.42 Å². The Labute approximate surface area is 45.7 Å². The Balaban J connectivity index is 3.35. The molecule has 0 aliphatic heterocycles. The first-order valence-corrected chi connectivity index (χ1v) is 2.11. The normalized spacial score (nSPS) is 9.00. The summed E-state index contributed by atoms with van der Waals surface area (Å²) in [6.45, 7) is 0. The molecule has 0 saturated heterocycles. The number of hydrogen-bond acceptors (Lipinski definition) is 3. The van der Waals surface area contributed by atoms with Gasteiger partial charge in [-0.2, -0.15) is 0 Å². The van der Waals surface area contributed by atoms with E-state index in [-0.39, 0.29) is 11.1 Å². The van der Waals surface area contributed by atoms with Gasteiger partial charge >= 0.3 is 0 Å². The van der Waals surface area contributed by atoms with E-state index in [0.29, 0.717) is 0 Å². The highest BCUT2D eigenvalue weighted by molar-refractivity contribution is 5.08. The van der Waals surface area contributed by atoms with Crippen molar-refractivity contribution in [2.45, 2.75) is 0 Å². The highest BCUT2D eigenvalue weighted by atomic mass is 16.3. The quantitative estimate of drug-likeness (QED) is 0.511. The molecule has 0 saturated carbocycles. The van der Waals surface area contributed by atoms with Crippen molar-refractivity contribution >= 4 is 0 Å². The molecule has 1 heterocycles. The van der Waals surface area contributed by atoms with Crippen molar-refractivity contribution in [1.82, 2.24) is 0 Å². The standard InChI is InChI=1S/C5H5NO2/c6-4-1-2-8-3-5(4)7/h1-3,6-7H. The second kappa shape index (κ2) is 1.69. The molecule has 0 bridgehead atoms. The van der Waals surface area contributed by atoms with Crippen LogP contribution in [0.1, 0.15) is 0 Å². The Morgan fingerprint density at radius 3 is 2.75 bits per heavy atom. The molecule has 8 heavy (non-hydrogen) atoms. The molecule has 3 nitrogen and oxygen atoms in total. The van der Waals surface area contributed by atoms with Gasteiger partial charge in [0.2, 0.25) is 0 Å². The van der Waals surface area contributed by atoms with E-state index in [4.69, 9.17) is 10.5 Å². The summed E-state index contributed by atoms with van der Waals surface area (Å²) >= 11 is 0. The van der Waals surface area contributed by atoms with Crippen molar-refractivity contribution in [1.29, 1.82) is 5.41 Å². The number of aromatic hydroxyl groups is 1. The lowest BCUT2D eigenvalue weighted by atomic mass is 10.5. The maximum atomic E-state index is 8.64. The molecule has 0 aromatic carbocycles. The van der Waals surface area contributed by atoms with Crippen molar-refractivity contribution in [2.24, 2.45) is 0 Å². The van der Waals surface area contributed by atoms with Crippen LogP contribution in [-0.4, -0.2) is 5.11 Å². The van der Waals surface area contributed by atoms with Crippen molar-refractivity contribution in [2.75, 3.05) is 0 Å². The number of hydrogen-bond donors (Lipinski definition) is 2. The topological polar surface area (TPSA) is 57.2 Å². The van der Waals surface area contributed by atoms with E-state index < -0.39 is 0 Å². The zero-order valence-corrected chi connectivity index (χ0v) is 4.09. The summed E-state index contributed by atoms with van der Waals surface area (Å²) in [5.41, 5.74) is 0. The van der Waals surface area contributed by atoms with Crippen molar-refractivity contribution in [3.05, 3.63) is 23.9 Å². The van der Waals surface area contributed by atoms with Crippen LogP contribution in [0.25, 0.3) is 0 Å². The Bertz CT molecular complexity index is 228. The highest BCUT2D eigenvalue weighted by Crippen LogP contribution is 1.94. The van der Waals surface area contributed by atoms with Crippen LogP contribution in [0.3, 0.4) is 0 Å². The average molecular weight is 111 g/mol. The zero-order valence-electron chi connectivity index (χ0n) is 4.09. The van der Waals surface area contributed by atoms with Crippen LogP contribution in [0.5, 0.6) is 5.75 Å². The molecule has 0 aliphatic rings. The average Bonchev–Trinajstić information content (AvgIpc) is 1.77. The molecule has 2 N–H and O–H groups in total. The number of rotatable bonds is 0. The molecule has 1 rings (SSSR count). The van der Waals surface area contributed by atoms with Crippen molar-refractivity contribution in [3.8, 4) is 5.75 Å². The molecule has 0 aliphatic carbocycles. The molecule has 0 amide bonds. The van der Waals surface area contributed by atoms with Gasteiger partial charge in [-0.25, -0.2) is 0 Å². The van der Waals surface area contributed by atoms with Gasteiger partial charge in [0.1, 0.15) is 11.6 Å². The lowest BCUT2D eigenvalue weighted by Gasteiger charge is -1.84. The second-order valence-corrected chi connectivity index (χ2v) is 1.36. The largest absolute Gasteiger partial charge is 0.503 e. The molecule has 42 valence electrons. The minimum Gasteiger partial charge on any atom is -0.503 e. The van der Waals surface area contributed by atoms with Crippen LogP contribution in [-0.2, 0) is 0 Å². The molecule has 3 heteroatoms. The minimum atomic E-state index is -0.132. The van der Waals surface area contributed by atoms with Crippen LogP contribution in [0.15, 0.2) is 23.0 Å². The van der Waals surface area contributed by atoms with Crippen molar-refractivity contribution < 1.29 is 9.52 Å². The molecule has 0 spiro atoms. The van der Waals surface area contributed by atoms with E-state index in [0.717, 1.165) is 6.26 Å². The van der Waals surface area contributed by atoms with Crippen LogP contribution >= 0.6 is 0 Å². The second-order valence-electron chi connectivity index (χ2n) is 1.36. The van der Waals surface area contributed by atoms with E-state index in [1.807, 2.05) is 0 Å². The lowest BCUT2D eigenvalue weighted by Crippen LogP contribution is -1.94. The molecular formula is C5H5NO2. The number of nitrogens with one attached hydrogen (secondary N) is 1. The summed E-state index contributed by atoms with van der Waals surface area (Å²) in [6.07, 6.45) is 2.45. The van der Waals surface area contributed by atoms with Crippen LogP contribution in [0.4, 0.5) is 0 Å². The maximum Gasteiger partial charge on any atom is 0.176 e. The molecule has 0 fully saturated rings. The Morgan fingerprint density at radius 2 is 2.38 bits per heavy atom. The molecule has 0 unspecified atom stereocenters. The third kappa shape index (κ3) is 0.703. The Hall–Kier alpha value is -1.25. The molecular weight excluding hydrogens is 106 g/mol. The van der Waals surface area contributed by atoms with Gasteiger partial charge in [0.15, 0.2) is 5.75 Å². The van der Waals surface area contributed by atoms with Gasteiger partial charge in [0.25, 0.3) is 0 Å². The van der Waals surface area contributed by atoms with Gasteiger partial charge in [-0.05, 0) is 0 Å². The third-order valence-electron chi connectivity index (χ3n) is 0.769. The summed E-state index contributed by atoms with van der Waals surface area (Å²) < 4.78 is 4.52. The first-order valence-electron chi connectivity index (χ1n) is 2.11.